The molecule has 2 aromatic carbocycles. The van der Waals surface area contributed by atoms with Crippen molar-refractivity contribution in [2.45, 2.75) is 13.8 Å². The highest BCUT2D eigenvalue weighted by Gasteiger charge is 2.19. The molecule has 0 aliphatic rings. The maximum atomic E-state index is 12.4. The Morgan fingerprint density at radius 3 is 2.41 bits per heavy atom. The molecule has 5 heteroatoms. The van der Waals surface area contributed by atoms with Gasteiger partial charge in [0.1, 0.15) is 5.69 Å². The summed E-state index contributed by atoms with van der Waals surface area (Å²) in [5, 5.41) is 4.29. The Hall–Kier alpha value is -3.24. The van der Waals surface area contributed by atoms with Gasteiger partial charge in [0.05, 0.1) is 5.52 Å². The van der Waals surface area contributed by atoms with Crippen LogP contribution < -0.4 is 5.32 Å². The van der Waals surface area contributed by atoms with Gasteiger partial charge in [-0.3, -0.25) is 9.78 Å². The molecule has 144 valence electrons. The number of pyridine rings is 2. The monoisotopic (exact) mass is 401 g/mol. The number of nitrogens with one attached hydrogen (secondary N) is 1. The summed E-state index contributed by atoms with van der Waals surface area (Å²) < 4.78 is 0. The number of hydrogen-bond donors (Lipinski definition) is 1. The summed E-state index contributed by atoms with van der Waals surface area (Å²) in [7, 11) is 1.60. The van der Waals surface area contributed by atoms with E-state index in [0.29, 0.717) is 10.7 Å². The van der Waals surface area contributed by atoms with Crippen molar-refractivity contribution in [1.82, 2.24) is 15.3 Å². The second-order valence-electron chi connectivity index (χ2n) is 6.94. The highest BCUT2D eigenvalue weighted by atomic mass is 35.5. The first-order valence-electron chi connectivity index (χ1n) is 9.33. The third-order valence-electron chi connectivity index (χ3n) is 5.14. The molecule has 0 saturated heterocycles. The number of fused-ring (bicyclic) bond motifs is 1. The highest BCUT2D eigenvalue weighted by molar-refractivity contribution is 6.33. The van der Waals surface area contributed by atoms with Crippen LogP contribution in [0.2, 0.25) is 5.02 Å². The summed E-state index contributed by atoms with van der Waals surface area (Å²) in [5.74, 6) is -0.228. The number of carbonyl (C=O) groups is 1. The Morgan fingerprint density at radius 1 is 1.00 bits per heavy atom. The van der Waals surface area contributed by atoms with Crippen molar-refractivity contribution in [3.05, 3.63) is 82.8 Å². The molecule has 0 atom stereocenters. The molecular formula is C24H20ClN3O. The molecule has 0 saturated carbocycles. The molecule has 1 amide bonds. The lowest BCUT2D eigenvalue weighted by Gasteiger charge is -2.18. The SMILES string of the molecule is CNC(=O)c1cc(-c2ccccc2Cl)c2c(C)c(-c3ccncc3)c(C)cc2n1. The van der Waals surface area contributed by atoms with Gasteiger partial charge in [0.15, 0.2) is 0 Å². The zero-order chi connectivity index (χ0) is 20.5. The third-order valence-corrected chi connectivity index (χ3v) is 5.47. The molecule has 0 radical (unpaired) electrons. The van der Waals surface area contributed by atoms with Gasteiger partial charge in [-0.25, -0.2) is 4.98 Å². The number of hydrogen-bond acceptors (Lipinski definition) is 3. The first-order valence-corrected chi connectivity index (χ1v) is 9.71. The van der Waals surface area contributed by atoms with E-state index in [0.717, 1.165) is 44.3 Å². The van der Waals surface area contributed by atoms with E-state index in [1.54, 1.807) is 19.4 Å². The number of halogens is 1. The fourth-order valence-electron chi connectivity index (χ4n) is 3.86. The van der Waals surface area contributed by atoms with Crippen molar-refractivity contribution in [3.63, 3.8) is 0 Å². The van der Waals surface area contributed by atoms with Crippen molar-refractivity contribution in [1.29, 1.82) is 0 Å². The molecule has 0 bridgehead atoms. The maximum absolute atomic E-state index is 12.4. The number of carbonyl (C=O) groups excluding carboxylic acids is 1. The van der Waals surface area contributed by atoms with Crippen LogP contribution in [0.15, 0.2) is 60.9 Å². The Bertz CT molecular complexity index is 1240. The molecule has 0 aliphatic heterocycles. The fraction of sp³-hybridized carbons (Fsp3) is 0.125. The van der Waals surface area contributed by atoms with Gasteiger partial charge in [-0.2, -0.15) is 0 Å². The lowest BCUT2D eigenvalue weighted by atomic mass is 9.89. The zero-order valence-corrected chi connectivity index (χ0v) is 17.2. The summed E-state index contributed by atoms with van der Waals surface area (Å²) in [6.07, 6.45) is 3.58. The fourth-order valence-corrected chi connectivity index (χ4v) is 4.10. The number of aryl methyl sites for hydroxylation is 2. The first kappa shape index (κ1) is 19.1. The normalized spacial score (nSPS) is 10.9. The highest BCUT2D eigenvalue weighted by Crippen LogP contribution is 2.39. The van der Waals surface area contributed by atoms with Crippen molar-refractivity contribution in [2.24, 2.45) is 0 Å². The smallest absolute Gasteiger partial charge is 0.269 e. The summed E-state index contributed by atoms with van der Waals surface area (Å²) in [6.45, 7) is 4.15. The first-order chi connectivity index (χ1) is 14.0. The van der Waals surface area contributed by atoms with E-state index in [-0.39, 0.29) is 5.91 Å². The van der Waals surface area contributed by atoms with Gasteiger partial charge >= 0.3 is 0 Å². The molecule has 4 rings (SSSR count). The van der Waals surface area contributed by atoms with Crippen LogP contribution in [0.3, 0.4) is 0 Å². The molecule has 1 N–H and O–H groups in total. The van der Waals surface area contributed by atoms with Crippen molar-refractivity contribution in [2.75, 3.05) is 7.05 Å². The van der Waals surface area contributed by atoms with Crippen LogP contribution in [0.25, 0.3) is 33.2 Å². The number of rotatable bonds is 3. The minimum Gasteiger partial charge on any atom is -0.354 e. The average molecular weight is 402 g/mol. The summed E-state index contributed by atoms with van der Waals surface area (Å²) >= 11 is 6.54. The maximum Gasteiger partial charge on any atom is 0.269 e. The molecule has 4 aromatic rings. The standard InChI is InChI=1S/C24H20ClN3O/c1-14-12-20-23(15(2)22(14)16-8-10-27-11-9-16)18(13-21(28-20)24(29)26-3)17-6-4-5-7-19(17)25/h4-13H,1-3H3,(H,26,29). The van der Waals surface area contributed by atoms with Crippen molar-refractivity contribution in [3.8, 4) is 22.3 Å². The molecular weight excluding hydrogens is 382 g/mol. The van der Waals surface area contributed by atoms with Crippen LogP contribution in [0.5, 0.6) is 0 Å². The van der Waals surface area contributed by atoms with Crippen LogP contribution >= 0.6 is 11.6 Å². The molecule has 0 aliphatic carbocycles. The Balaban J connectivity index is 2.13. The van der Waals surface area contributed by atoms with Crippen LogP contribution in [-0.4, -0.2) is 22.9 Å². The second kappa shape index (κ2) is 7.64. The summed E-state index contributed by atoms with van der Waals surface area (Å²) in [6, 6.07) is 15.5. The van der Waals surface area contributed by atoms with E-state index in [9.17, 15) is 4.79 Å². The minimum atomic E-state index is -0.228. The van der Waals surface area contributed by atoms with Crippen LogP contribution in [-0.2, 0) is 0 Å². The molecule has 0 unspecified atom stereocenters. The predicted octanol–water partition coefficient (Wildman–Crippen LogP) is 5.59. The van der Waals surface area contributed by atoms with E-state index < -0.39 is 0 Å². The molecule has 0 fully saturated rings. The molecule has 2 aromatic heterocycles. The van der Waals surface area contributed by atoms with Crippen molar-refractivity contribution < 1.29 is 4.79 Å². The van der Waals surface area contributed by atoms with E-state index in [2.05, 4.69) is 29.1 Å². The van der Waals surface area contributed by atoms with Crippen LogP contribution in [0, 0.1) is 13.8 Å². The number of aromatic nitrogens is 2. The van der Waals surface area contributed by atoms with Gasteiger partial charge < -0.3 is 5.32 Å². The number of nitrogens with zero attached hydrogens (tertiary/aromatic N) is 2. The molecule has 29 heavy (non-hydrogen) atoms. The number of amides is 1. The van der Waals surface area contributed by atoms with Gasteiger partial charge in [-0.1, -0.05) is 29.8 Å². The Morgan fingerprint density at radius 2 is 1.72 bits per heavy atom. The largest absolute Gasteiger partial charge is 0.354 e. The lowest BCUT2D eigenvalue weighted by Crippen LogP contribution is -2.19. The molecule has 4 nitrogen and oxygen atoms in total. The van der Waals surface area contributed by atoms with E-state index >= 15 is 0 Å². The topological polar surface area (TPSA) is 54.9 Å². The summed E-state index contributed by atoms with van der Waals surface area (Å²) in [5.41, 5.74) is 7.33. The van der Waals surface area contributed by atoms with Crippen molar-refractivity contribution >= 4 is 28.4 Å². The molecule has 0 spiro atoms. The quantitative estimate of drug-likeness (QED) is 0.486. The van der Waals surface area contributed by atoms with E-state index in [4.69, 9.17) is 11.6 Å². The van der Waals surface area contributed by atoms with Gasteiger partial charge in [0.2, 0.25) is 0 Å². The lowest BCUT2D eigenvalue weighted by molar-refractivity contribution is 0.0958. The van der Waals surface area contributed by atoms with Gasteiger partial charge in [-0.05, 0) is 72.0 Å². The average Bonchev–Trinajstić information content (AvgIpc) is 2.73. The zero-order valence-electron chi connectivity index (χ0n) is 16.5. The predicted molar refractivity (Wildman–Crippen MR) is 118 cm³/mol. The van der Waals surface area contributed by atoms with Crippen LogP contribution in [0.1, 0.15) is 21.6 Å². The Labute approximate surface area is 174 Å². The van der Waals surface area contributed by atoms with Gasteiger partial charge in [0, 0.05) is 35.4 Å². The van der Waals surface area contributed by atoms with Gasteiger partial charge in [-0.15, -0.1) is 0 Å². The Kier molecular flexibility index (Phi) is 5.03. The number of benzene rings is 2. The van der Waals surface area contributed by atoms with Gasteiger partial charge in [0.25, 0.3) is 5.91 Å². The second-order valence-corrected chi connectivity index (χ2v) is 7.34. The van der Waals surface area contributed by atoms with E-state index in [1.165, 1.54) is 0 Å². The summed E-state index contributed by atoms with van der Waals surface area (Å²) in [4.78, 5) is 21.2. The third kappa shape index (κ3) is 3.36. The van der Waals surface area contributed by atoms with Crippen LogP contribution in [0.4, 0.5) is 0 Å². The van der Waals surface area contributed by atoms with E-state index in [1.807, 2.05) is 48.5 Å². The minimum absolute atomic E-state index is 0.228. The molecule has 2 heterocycles.